The fourth-order valence-corrected chi connectivity index (χ4v) is 3.88. The van der Waals surface area contributed by atoms with Crippen molar-refractivity contribution in [2.45, 2.75) is 31.8 Å². The van der Waals surface area contributed by atoms with Gasteiger partial charge in [-0.2, -0.15) is 5.26 Å². The third kappa shape index (κ3) is 7.23. The van der Waals surface area contributed by atoms with Crippen LogP contribution in [0.15, 0.2) is 71.7 Å². The SMILES string of the molecule is COc1ccc2cc(CC(C)N/C(=N\C#N)NC[C@H](Cc3ccccc3)N(C)C)ccc2c1. The molecule has 33 heavy (non-hydrogen) atoms. The van der Waals surface area contributed by atoms with Gasteiger partial charge in [-0.1, -0.05) is 54.6 Å². The molecule has 6 nitrogen and oxygen atoms in total. The van der Waals surface area contributed by atoms with E-state index in [0.717, 1.165) is 24.0 Å². The lowest BCUT2D eigenvalue weighted by molar-refractivity contribution is 0.290. The molecule has 172 valence electrons. The Kier molecular flexibility index (Phi) is 8.68. The summed E-state index contributed by atoms with van der Waals surface area (Å²) in [5.74, 6) is 1.37. The molecule has 0 saturated carbocycles. The zero-order valence-corrected chi connectivity index (χ0v) is 19.9. The van der Waals surface area contributed by atoms with E-state index in [-0.39, 0.29) is 12.1 Å². The molecular weight excluding hydrogens is 410 g/mol. The van der Waals surface area contributed by atoms with Crippen LogP contribution in [0.5, 0.6) is 5.75 Å². The van der Waals surface area contributed by atoms with E-state index in [9.17, 15) is 5.26 Å². The molecule has 6 heteroatoms. The minimum Gasteiger partial charge on any atom is -0.497 e. The fourth-order valence-electron chi connectivity index (χ4n) is 3.88. The highest BCUT2D eigenvalue weighted by molar-refractivity contribution is 5.84. The third-order valence-electron chi connectivity index (χ3n) is 5.75. The molecule has 0 saturated heterocycles. The highest BCUT2D eigenvalue weighted by atomic mass is 16.5. The monoisotopic (exact) mass is 443 g/mol. The minimum atomic E-state index is 0.104. The van der Waals surface area contributed by atoms with E-state index in [1.165, 1.54) is 16.5 Å². The van der Waals surface area contributed by atoms with Crippen LogP contribution < -0.4 is 15.4 Å². The van der Waals surface area contributed by atoms with Gasteiger partial charge in [-0.25, -0.2) is 0 Å². The lowest BCUT2D eigenvalue weighted by Gasteiger charge is -2.26. The topological polar surface area (TPSA) is 72.7 Å². The molecule has 0 radical (unpaired) electrons. The number of guanidine groups is 1. The van der Waals surface area contributed by atoms with Crippen LogP contribution in [-0.4, -0.2) is 50.7 Å². The molecule has 3 aromatic rings. The van der Waals surface area contributed by atoms with Gasteiger partial charge in [0.1, 0.15) is 5.75 Å². The van der Waals surface area contributed by atoms with E-state index in [4.69, 9.17) is 4.74 Å². The summed E-state index contributed by atoms with van der Waals surface area (Å²) in [5.41, 5.74) is 2.51. The zero-order valence-electron chi connectivity index (χ0n) is 19.9. The summed E-state index contributed by atoms with van der Waals surface area (Å²) in [6.45, 7) is 2.78. The van der Waals surface area contributed by atoms with Crippen molar-refractivity contribution >= 4 is 16.7 Å². The molecule has 0 aliphatic heterocycles. The highest BCUT2D eigenvalue weighted by Gasteiger charge is 2.14. The Morgan fingerprint density at radius 3 is 2.42 bits per heavy atom. The van der Waals surface area contributed by atoms with Crippen LogP contribution in [0.1, 0.15) is 18.1 Å². The second kappa shape index (κ2) is 11.9. The van der Waals surface area contributed by atoms with Gasteiger partial charge in [0.25, 0.3) is 0 Å². The van der Waals surface area contributed by atoms with Gasteiger partial charge in [-0.05, 0) is 67.9 Å². The predicted octanol–water partition coefficient (Wildman–Crippen LogP) is 3.97. The number of likely N-dealkylation sites (N-methyl/N-ethyl adjacent to an activating group) is 1. The molecule has 0 aliphatic carbocycles. The van der Waals surface area contributed by atoms with Crippen LogP contribution in [0.25, 0.3) is 10.8 Å². The number of methoxy groups -OCH3 is 1. The molecule has 3 aromatic carbocycles. The number of rotatable bonds is 9. The summed E-state index contributed by atoms with van der Waals surface area (Å²) in [6, 6.07) is 23.4. The van der Waals surface area contributed by atoms with Crippen molar-refractivity contribution in [3.63, 3.8) is 0 Å². The molecule has 0 fully saturated rings. The van der Waals surface area contributed by atoms with Crippen molar-refractivity contribution in [3.8, 4) is 11.9 Å². The van der Waals surface area contributed by atoms with Gasteiger partial charge in [0.2, 0.25) is 12.2 Å². The number of ether oxygens (including phenoxy) is 1. The predicted molar refractivity (Wildman–Crippen MR) is 135 cm³/mol. The van der Waals surface area contributed by atoms with E-state index >= 15 is 0 Å². The molecule has 0 bridgehead atoms. The molecule has 3 rings (SSSR count). The summed E-state index contributed by atoms with van der Waals surface area (Å²) in [4.78, 5) is 6.17. The van der Waals surface area contributed by atoms with Gasteiger partial charge in [-0.15, -0.1) is 4.99 Å². The first-order valence-electron chi connectivity index (χ1n) is 11.2. The third-order valence-corrected chi connectivity index (χ3v) is 5.75. The standard InChI is InChI=1S/C27H33N5O/c1-20(14-22-10-11-24-17-26(33-4)13-12-23(24)15-22)31-27(30-19-28)29-18-25(32(2)3)16-21-8-6-5-7-9-21/h5-13,15,17,20,25H,14,16,18H2,1-4H3,(H2,29,30,31)/t20?,25-/m0/s1. The number of nitrogens with zero attached hydrogens (tertiary/aromatic N) is 3. The van der Waals surface area contributed by atoms with E-state index < -0.39 is 0 Å². The molecule has 0 aromatic heterocycles. The van der Waals surface area contributed by atoms with Crippen molar-refractivity contribution in [2.24, 2.45) is 4.99 Å². The molecule has 0 spiro atoms. The molecule has 2 atom stereocenters. The summed E-state index contributed by atoms with van der Waals surface area (Å²) < 4.78 is 5.31. The summed E-state index contributed by atoms with van der Waals surface area (Å²) in [6.07, 6.45) is 3.64. The van der Waals surface area contributed by atoms with E-state index in [0.29, 0.717) is 12.5 Å². The first kappa shape index (κ1) is 24.1. The summed E-state index contributed by atoms with van der Waals surface area (Å²) in [5, 5.41) is 18.2. The Balaban J connectivity index is 1.60. The lowest BCUT2D eigenvalue weighted by Crippen LogP contribution is -2.48. The second-order valence-corrected chi connectivity index (χ2v) is 8.55. The van der Waals surface area contributed by atoms with Gasteiger partial charge in [-0.3, -0.25) is 0 Å². The number of nitriles is 1. The number of aliphatic imine (C=N–C) groups is 1. The van der Waals surface area contributed by atoms with Crippen LogP contribution >= 0.6 is 0 Å². The van der Waals surface area contributed by atoms with Crippen LogP contribution in [0, 0.1) is 11.5 Å². The molecule has 0 heterocycles. The smallest absolute Gasteiger partial charge is 0.209 e. The van der Waals surface area contributed by atoms with Crippen LogP contribution in [0.4, 0.5) is 0 Å². The second-order valence-electron chi connectivity index (χ2n) is 8.55. The van der Waals surface area contributed by atoms with Crippen LogP contribution in [0.3, 0.4) is 0 Å². The van der Waals surface area contributed by atoms with E-state index in [1.807, 2.05) is 24.4 Å². The minimum absolute atomic E-state index is 0.104. The van der Waals surface area contributed by atoms with Crippen molar-refractivity contribution in [2.75, 3.05) is 27.7 Å². The average molecular weight is 444 g/mol. The Morgan fingerprint density at radius 2 is 1.73 bits per heavy atom. The van der Waals surface area contributed by atoms with Crippen molar-refractivity contribution < 1.29 is 4.74 Å². The normalized spacial score (nSPS) is 13.4. The first-order chi connectivity index (χ1) is 16.0. The summed E-state index contributed by atoms with van der Waals surface area (Å²) >= 11 is 0. The van der Waals surface area contributed by atoms with Crippen molar-refractivity contribution in [1.82, 2.24) is 15.5 Å². The molecule has 0 amide bonds. The van der Waals surface area contributed by atoms with Crippen LogP contribution in [0.2, 0.25) is 0 Å². The Labute approximate surface area is 196 Å². The summed E-state index contributed by atoms with van der Waals surface area (Å²) in [7, 11) is 5.82. The first-order valence-corrected chi connectivity index (χ1v) is 11.2. The number of hydrogen-bond donors (Lipinski definition) is 2. The zero-order chi connectivity index (χ0) is 23.6. The Hall–Kier alpha value is -3.56. The Morgan fingerprint density at radius 1 is 1.00 bits per heavy atom. The van der Waals surface area contributed by atoms with Gasteiger partial charge >= 0.3 is 0 Å². The quantitative estimate of drug-likeness (QED) is 0.297. The Bertz CT molecular complexity index is 1100. The van der Waals surface area contributed by atoms with Gasteiger partial charge in [0.05, 0.1) is 7.11 Å². The van der Waals surface area contributed by atoms with Gasteiger partial charge < -0.3 is 20.3 Å². The number of nitrogens with one attached hydrogen (secondary N) is 2. The number of fused-ring (bicyclic) bond motifs is 1. The maximum atomic E-state index is 9.17. The van der Waals surface area contributed by atoms with E-state index in [2.05, 4.69) is 90.1 Å². The van der Waals surface area contributed by atoms with Gasteiger partial charge in [0.15, 0.2) is 0 Å². The molecule has 0 aliphatic rings. The fraction of sp³-hybridized carbons (Fsp3) is 0.333. The van der Waals surface area contributed by atoms with Gasteiger partial charge in [0, 0.05) is 18.6 Å². The lowest BCUT2D eigenvalue weighted by atomic mass is 10.0. The number of benzene rings is 3. The molecule has 1 unspecified atom stereocenters. The number of hydrogen-bond acceptors (Lipinski definition) is 4. The van der Waals surface area contributed by atoms with E-state index in [1.54, 1.807) is 7.11 Å². The largest absolute Gasteiger partial charge is 0.497 e. The molecular formula is C27H33N5O. The van der Waals surface area contributed by atoms with Crippen molar-refractivity contribution in [1.29, 1.82) is 5.26 Å². The average Bonchev–Trinajstić information content (AvgIpc) is 2.81. The highest BCUT2D eigenvalue weighted by Crippen LogP contribution is 2.22. The molecule has 2 N–H and O–H groups in total. The van der Waals surface area contributed by atoms with Crippen LogP contribution in [-0.2, 0) is 12.8 Å². The van der Waals surface area contributed by atoms with Crippen molar-refractivity contribution in [3.05, 3.63) is 77.9 Å². The maximum Gasteiger partial charge on any atom is 0.209 e. The maximum absolute atomic E-state index is 9.17.